The van der Waals surface area contributed by atoms with Crippen molar-refractivity contribution in [3.05, 3.63) is 35.4 Å². The second kappa shape index (κ2) is 4.85. The van der Waals surface area contributed by atoms with Crippen molar-refractivity contribution in [3.8, 4) is 0 Å². The highest BCUT2D eigenvalue weighted by Gasteiger charge is 2.08. The third-order valence-corrected chi connectivity index (χ3v) is 3.15. The molecule has 1 aromatic rings. The Morgan fingerprint density at radius 1 is 1.00 bits per heavy atom. The van der Waals surface area contributed by atoms with Crippen molar-refractivity contribution in [1.82, 2.24) is 4.90 Å². The summed E-state index contributed by atoms with van der Waals surface area (Å²) in [5.41, 5.74) is 2.63. The standard InChI is InChI=1S/C12H19NS/c1-9(2)10-5-7-11(8-6-10)12(14)13(3)4/h5-9,12,14H,1-4H3. The van der Waals surface area contributed by atoms with Gasteiger partial charge in [-0.25, -0.2) is 0 Å². The Bertz CT molecular complexity index is 277. The molecule has 0 heterocycles. The van der Waals surface area contributed by atoms with Gasteiger partial charge in [0.05, 0.1) is 5.37 Å². The van der Waals surface area contributed by atoms with Crippen LogP contribution in [0, 0.1) is 0 Å². The Balaban J connectivity index is 2.83. The normalized spacial score (nSPS) is 13.6. The fourth-order valence-electron chi connectivity index (χ4n) is 1.35. The topological polar surface area (TPSA) is 3.24 Å². The van der Waals surface area contributed by atoms with Gasteiger partial charge in [-0.15, -0.1) is 0 Å². The molecular formula is C12H19NS. The van der Waals surface area contributed by atoms with Gasteiger partial charge in [0.2, 0.25) is 0 Å². The first-order valence-corrected chi connectivity index (χ1v) is 5.48. The van der Waals surface area contributed by atoms with Crippen molar-refractivity contribution in [3.63, 3.8) is 0 Å². The molecule has 0 aliphatic rings. The summed E-state index contributed by atoms with van der Waals surface area (Å²) < 4.78 is 0. The second-order valence-corrected chi connectivity index (χ2v) is 4.65. The quantitative estimate of drug-likeness (QED) is 0.590. The van der Waals surface area contributed by atoms with E-state index in [9.17, 15) is 0 Å². The molecule has 0 fully saturated rings. The van der Waals surface area contributed by atoms with E-state index in [1.165, 1.54) is 11.1 Å². The van der Waals surface area contributed by atoms with Gasteiger partial charge < -0.3 is 0 Å². The number of thiol groups is 1. The number of hydrogen-bond acceptors (Lipinski definition) is 2. The van der Waals surface area contributed by atoms with Gasteiger partial charge in [0.15, 0.2) is 0 Å². The molecule has 2 heteroatoms. The van der Waals surface area contributed by atoms with Crippen molar-refractivity contribution in [2.45, 2.75) is 25.1 Å². The molecule has 0 bridgehead atoms. The van der Waals surface area contributed by atoms with E-state index in [2.05, 4.69) is 55.6 Å². The SMILES string of the molecule is CC(C)c1ccc(C(S)N(C)C)cc1. The van der Waals surface area contributed by atoms with Gasteiger partial charge in [0.25, 0.3) is 0 Å². The Hall–Kier alpha value is -0.470. The lowest BCUT2D eigenvalue weighted by molar-refractivity contribution is 0.393. The average molecular weight is 209 g/mol. The monoisotopic (exact) mass is 209 g/mol. The van der Waals surface area contributed by atoms with E-state index in [0.717, 1.165) is 0 Å². The highest BCUT2D eigenvalue weighted by Crippen LogP contribution is 2.23. The van der Waals surface area contributed by atoms with Crippen LogP contribution in [0.3, 0.4) is 0 Å². The predicted octanol–water partition coefficient (Wildman–Crippen LogP) is 3.30. The maximum Gasteiger partial charge on any atom is 0.0779 e. The fraction of sp³-hybridized carbons (Fsp3) is 0.500. The van der Waals surface area contributed by atoms with Crippen LogP contribution in [0.2, 0.25) is 0 Å². The minimum atomic E-state index is 0.191. The number of benzene rings is 1. The lowest BCUT2D eigenvalue weighted by atomic mass is 10.0. The minimum absolute atomic E-state index is 0.191. The lowest BCUT2D eigenvalue weighted by Crippen LogP contribution is -2.14. The zero-order chi connectivity index (χ0) is 10.7. The van der Waals surface area contributed by atoms with Crippen LogP contribution in [0.4, 0.5) is 0 Å². The van der Waals surface area contributed by atoms with Crippen LogP contribution in [-0.2, 0) is 0 Å². The summed E-state index contributed by atoms with van der Waals surface area (Å²) in [4.78, 5) is 2.09. The zero-order valence-corrected chi connectivity index (χ0v) is 10.3. The Kier molecular flexibility index (Phi) is 4.02. The molecule has 0 saturated heterocycles. The summed E-state index contributed by atoms with van der Waals surface area (Å²) in [5, 5.41) is 0.191. The average Bonchev–Trinajstić information content (AvgIpc) is 2.16. The van der Waals surface area contributed by atoms with Crippen molar-refractivity contribution >= 4 is 12.6 Å². The molecule has 0 aliphatic carbocycles. The van der Waals surface area contributed by atoms with Crippen LogP contribution in [-0.4, -0.2) is 19.0 Å². The number of hydrogen-bond donors (Lipinski definition) is 1. The smallest absolute Gasteiger partial charge is 0.0779 e. The van der Waals surface area contributed by atoms with Crippen molar-refractivity contribution < 1.29 is 0 Å². The predicted molar refractivity (Wildman–Crippen MR) is 65.9 cm³/mol. The van der Waals surface area contributed by atoms with Gasteiger partial charge in [-0.3, -0.25) is 4.90 Å². The van der Waals surface area contributed by atoms with Crippen LogP contribution in [0.15, 0.2) is 24.3 Å². The molecule has 78 valence electrons. The molecule has 0 aromatic heterocycles. The van der Waals surface area contributed by atoms with Crippen LogP contribution in [0.25, 0.3) is 0 Å². The van der Waals surface area contributed by atoms with Crippen molar-refractivity contribution in [2.24, 2.45) is 0 Å². The lowest BCUT2D eigenvalue weighted by Gasteiger charge is -2.19. The summed E-state index contributed by atoms with van der Waals surface area (Å²) in [6.07, 6.45) is 0. The minimum Gasteiger partial charge on any atom is -0.294 e. The van der Waals surface area contributed by atoms with E-state index in [1.54, 1.807) is 0 Å². The first-order valence-electron chi connectivity index (χ1n) is 4.96. The fourth-order valence-corrected chi connectivity index (χ4v) is 1.52. The van der Waals surface area contributed by atoms with Crippen LogP contribution >= 0.6 is 12.6 Å². The summed E-state index contributed by atoms with van der Waals surface area (Å²) >= 11 is 4.53. The van der Waals surface area contributed by atoms with Gasteiger partial charge in [0.1, 0.15) is 0 Å². The van der Waals surface area contributed by atoms with Gasteiger partial charge in [-0.05, 0) is 31.1 Å². The molecule has 0 saturated carbocycles. The van der Waals surface area contributed by atoms with E-state index in [4.69, 9.17) is 0 Å². The third-order valence-electron chi connectivity index (χ3n) is 2.39. The summed E-state index contributed by atoms with van der Waals surface area (Å²) in [7, 11) is 4.07. The molecule has 1 nitrogen and oxygen atoms in total. The van der Waals surface area contributed by atoms with Crippen LogP contribution in [0.1, 0.15) is 36.3 Å². The molecule has 1 aromatic carbocycles. The first-order chi connectivity index (χ1) is 6.52. The third kappa shape index (κ3) is 2.76. The maximum absolute atomic E-state index is 4.53. The van der Waals surface area contributed by atoms with E-state index in [-0.39, 0.29) is 5.37 Å². The number of rotatable bonds is 3. The molecule has 0 spiro atoms. The zero-order valence-electron chi connectivity index (χ0n) is 9.36. The molecule has 1 rings (SSSR count). The number of nitrogens with zero attached hydrogens (tertiary/aromatic N) is 1. The molecule has 14 heavy (non-hydrogen) atoms. The van der Waals surface area contributed by atoms with E-state index in [1.807, 2.05) is 14.1 Å². The summed E-state index contributed by atoms with van der Waals surface area (Å²) in [5.74, 6) is 0.599. The first kappa shape index (κ1) is 11.6. The van der Waals surface area contributed by atoms with Crippen molar-refractivity contribution in [2.75, 3.05) is 14.1 Å². The Morgan fingerprint density at radius 2 is 1.43 bits per heavy atom. The molecule has 0 aliphatic heterocycles. The molecule has 0 amide bonds. The highest BCUT2D eigenvalue weighted by atomic mass is 32.1. The summed E-state index contributed by atoms with van der Waals surface area (Å²) in [6.45, 7) is 4.41. The van der Waals surface area contributed by atoms with E-state index >= 15 is 0 Å². The van der Waals surface area contributed by atoms with Gasteiger partial charge >= 0.3 is 0 Å². The van der Waals surface area contributed by atoms with E-state index in [0.29, 0.717) is 5.92 Å². The highest BCUT2D eigenvalue weighted by molar-refractivity contribution is 7.80. The molecule has 1 atom stereocenters. The molecular weight excluding hydrogens is 190 g/mol. The summed E-state index contributed by atoms with van der Waals surface area (Å²) in [6, 6.07) is 8.69. The van der Waals surface area contributed by atoms with Gasteiger partial charge in [-0.2, -0.15) is 12.6 Å². The molecule has 0 N–H and O–H groups in total. The Labute approximate surface area is 92.5 Å². The second-order valence-electron chi connectivity index (χ2n) is 4.16. The largest absolute Gasteiger partial charge is 0.294 e. The van der Waals surface area contributed by atoms with Crippen molar-refractivity contribution in [1.29, 1.82) is 0 Å². The van der Waals surface area contributed by atoms with E-state index < -0.39 is 0 Å². The van der Waals surface area contributed by atoms with Crippen LogP contribution in [0.5, 0.6) is 0 Å². The van der Waals surface area contributed by atoms with Gasteiger partial charge in [-0.1, -0.05) is 38.1 Å². The maximum atomic E-state index is 4.53. The molecule has 0 radical (unpaired) electrons. The Morgan fingerprint density at radius 3 is 1.79 bits per heavy atom. The molecule has 1 unspecified atom stereocenters. The van der Waals surface area contributed by atoms with Crippen LogP contribution < -0.4 is 0 Å². The van der Waals surface area contributed by atoms with Gasteiger partial charge in [0, 0.05) is 0 Å².